The van der Waals surface area contributed by atoms with E-state index in [2.05, 4.69) is 37.9 Å². The van der Waals surface area contributed by atoms with E-state index >= 15 is 0 Å². The van der Waals surface area contributed by atoms with Gasteiger partial charge in [0.1, 0.15) is 17.5 Å². The van der Waals surface area contributed by atoms with Crippen LogP contribution in [-0.4, -0.2) is 61.2 Å². The minimum Gasteiger partial charge on any atom is -0.373 e. The van der Waals surface area contributed by atoms with Crippen LogP contribution in [0, 0.1) is 6.92 Å². The molecule has 1 aliphatic heterocycles. The molecule has 2 heterocycles. The largest absolute Gasteiger partial charge is 0.373 e. The molecule has 1 fully saturated rings. The molecule has 1 aromatic heterocycles. The first-order valence-corrected chi connectivity index (χ1v) is 6.87. The number of nitrogens with one attached hydrogen (secondary N) is 3. The van der Waals surface area contributed by atoms with E-state index in [4.69, 9.17) is 0 Å². The van der Waals surface area contributed by atoms with Crippen LogP contribution in [0.1, 0.15) is 12.2 Å². The normalized spacial score (nSPS) is 20.3. The van der Waals surface area contributed by atoms with Gasteiger partial charge in [0.25, 0.3) is 0 Å². The fourth-order valence-electron chi connectivity index (χ4n) is 2.34. The van der Waals surface area contributed by atoms with Gasteiger partial charge in [0.2, 0.25) is 0 Å². The van der Waals surface area contributed by atoms with Crippen molar-refractivity contribution in [3.63, 3.8) is 0 Å². The summed E-state index contributed by atoms with van der Waals surface area (Å²) in [4.78, 5) is 11.1. The van der Waals surface area contributed by atoms with Gasteiger partial charge in [-0.1, -0.05) is 0 Å². The highest BCUT2D eigenvalue weighted by Crippen LogP contribution is 2.11. The maximum absolute atomic E-state index is 4.39. The lowest BCUT2D eigenvalue weighted by Crippen LogP contribution is -2.49. The fourth-order valence-corrected chi connectivity index (χ4v) is 2.34. The Hall–Kier alpha value is -1.40. The number of piperazine rings is 1. The molecule has 0 aliphatic carbocycles. The minimum absolute atomic E-state index is 0.605. The van der Waals surface area contributed by atoms with Gasteiger partial charge in [0, 0.05) is 45.3 Å². The van der Waals surface area contributed by atoms with Crippen LogP contribution in [0.25, 0.3) is 0 Å². The molecule has 3 N–H and O–H groups in total. The summed E-state index contributed by atoms with van der Waals surface area (Å²) in [6.45, 7) is 6.13. The Labute approximate surface area is 115 Å². The van der Waals surface area contributed by atoms with E-state index in [0.717, 1.165) is 50.1 Å². The molecule has 0 saturated carbocycles. The summed E-state index contributed by atoms with van der Waals surface area (Å²) in [5, 5.41) is 9.86. The highest BCUT2D eigenvalue weighted by molar-refractivity contribution is 5.46. The number of anilines is 2. The molecule has 1 saturated heterocycles. The predicted molar refractivity (Wildman–Crippen MR) is 78.7 cm³/mol. The van der Waals surface area contributed by atoms with E-state index in [1.807, 2.05) is 20.0 Å². The van der Waals surface area contributed by atoms with Crippen LogP contribution in [0.5, 0.6) is 0 Å². The van der Waals surface area contributed by atoms with Crippen molar-refractivity contribution in [1.82, 2.24) is 20.2 Å². The summed E-state index contributed by atoms with van der Waals surface area (Å²) in [5.74, 6) is 2.53. The molecule has 0 radical (unpaired) electrons. The topological polar surface area (TPSA) is 65.1 Å². The van der Waals surface area contributed by atoms with E-state index in [9.17, 15) is 0 Å². The van der Waals surface area contributed by atoms with Crippen molar-refractivity contribution in [3.05, 3.63) is 11.9 Å². The lowest BCUT2D eigenvalue weighted by atomic mass is 10.1. The van der Waals surface area contributed by atoms with Gasteiger partial charge >= 0.3 is 0 Å². The Morgan fingerprint density at radius 3 is 2.95 bits per heavy atom. The van der Waals surface area contributed by atoms with E-state index in [0.29, 0.717) is 6.04 Å². The molecule has 1 aromatic rings. The highest BCUT2D eigenvalue weighted by Gasteiger charge is 2.17. The maximum atomic E-state index is 4.39. The van der Waals surface area contributed by atoms with Crippen LogP contribution < -0.4 is 16.0 Å². The first-order valence-electron chi connectivity index (χ1n) is 6.87. The summed E-state index contributed by atoms with van der Waals surface area (Å²) in [7, 11) is 4.06. The van der Waals surface area contributed by atoms with Gasteiger partial charge < -0.3 is 20.9 Å². The number of nitrogens with zero attached hydrogens (tertiary/aromatic N) is 3. The maximum Gasteiger partial charge on any atom is 0.131 e. The van der Waals surface area contributed by atoms with E-state index in [1.54, 1.807) is 0 Å². The smallest absolute Gasteiger partial charge is 0.131 e. The van der Waals surface area contributed by atoms with Crippen molar-refractivity contribution < 1.29 is 0 Å². The summed E-state index contributed by atoms with van der Waals surface area (Å²) in [6.07, 6.45) is 1.11. The Bertz CT molecular complexity index is 408. The summed E-state index contributed by atoms with van der Waals surface area (Å²) >= 11 is 0. The Morgan fingerprint density at radius 1 is 1.42 bits per heavy atom. The molecule has 1 aliphatic rings. The summed E-state index contributed by atoms with van der Waals surface area (Å²) < 4.78 is 0. The van der Waals surface area contributed by atoms with Gasteiger partial charge in [0.15, 0.2) is 0 Å². The second-order valence-corrected chi connectivity index (χ2v) is 4.99. The van der Waals surface area contributed by atoms with Crippen molar-refractivity contribution >= 4 is 11.6 Å². The minimum atomic E-state index is 0.605. The van der Waals surface area contributed by atoms with Gasteiger partial charge in [-0.2, -0.15) is 0 Å². The monoisotopic (exact) mass is 264 g/mol. The van der Waals surface area contributed by atoms with Crippen LogP contribution in [-0.2, 0) is 0 Å². The average molecular weight is 264 g/mol. The third kappa shape index (κ3) is 4.04. The molecule has 0 bridgehead atoms. The van der Waals surface area contributed by atoms with E-state index < -0.39 is 0 Å². The third-order valence-electron chi connectivity index (χ3n) is 3.52. The van der Waals surface area contributed by atoms with Gasteiger partial charge in [-0.3, -0.25) is 0 Å². The van der Waals surface area contributed by atoms with Gasteiger partial charge in [0.05, 0.1) is 0 Å². The lowest BCUT2D eigenvalue weighted by molar-refractivity contribution is 0.194. The van der Waals surface area contributed by atoms with Crippen LogP contribution in [0.3, 0.4) is 0 Å². The molecular weight excluding hydrogens is 240 g/mol. The van der Waals surface area contributed by atoms with Crippen LogP contribution in [0.4, 0.5) is 11.6 Å². The van der Waals surface area contributed by atoms with Gasteiger partial charge in [-0.15, -0.1) is 0 Å². The molecule has 6 heteroatoms. The first kappa shape index (κ1) is 14.0. The molecule has 2 rings (SSSR count). The van der Waals surface area contributed by atoms with Gasteiger partial charge in [-0.05, 0) is 20.4 Å². The number of aryl methyl sites for hydroxylation is 1. The third-order valence-corrected chi connectivity index (χ3v) is 3.52. The molecule has 19 heavy (non-hydrogen) atoms. The zero-order valence-electron chi connectivity index (χ0n) is 12.0. The molecule has 0 amide bonds. The van der Waals surface area contributed by atoms with Gasteiger partial charge in [-0.25, -0.2) is 9.97 Å². The van der Waals surface area contributed by atoms with Crippen molar-refractivity contribution in [1.29, 1.82) is 0 Å². The SMILES string of the molecule is CNc1cc(NCCC2CNCCN2C)nc(C)n1. The van der Waals surface area contributed by atoms with E-state index in [-0.39, 0.29) is 0 Å². The second kappa shape index (κ2) is 6.68. The number of likely N-dealkylation sites (N-methyl/N-ethyl adjacent to an activating group) is 1. The number of hydrogen-bond donors (Lipinski definition) is 3. The second-order valence-electron chi connectivity index (χ2n) is 4.99. The number of hydrogen-bond acceptors (Lipinski definition) is 6. The predicted octanol–water partition coefficient (Wildman–Crippen LogP) is 0.532. The molecule has 6 nitrogen and oxygen atoms in total. The molecule has 0 spiro atoms. The zero-order valence-corrected chi connectivity index (χ0v) is 12.0. The number of rotatable bonds is 5. The molecule has 106 valence electrons. The lowest BCUT2D eigenvalue weighted by Gasteiger charge is -2.33. The van der Waals surface area contributed by atoms with Crippen LogP contribution >= 0.6 is 0 Å². The summed E-state index contributed by atoms with van der Waals surface area (Å²) in [5.41, 5.74) is 0. The highest BCUT2D eigenvalue weighted by atomic mass is 15.2. The first-order chi connectivity index (χ1) is 9.19. The number of aromatic nitrogens is 2. The Balaban J connectivity index is 1.83. The quantitative estimate of drug-likeness (QED) is 0.721. The van der Waals surface area contributed by atoms with Crippen LogP contribution in [0.15, 0.2) is 6.07 Å². The standard InChI is InChI=1S/C13H24N6/c1-10-17-12(14-2)8-13(18-10)16-5-4-11-9-15-6-7-19(11)3/h8,11,15H,4-7,9H2,1-3H3,(H2,14,16,17,18). The van der Waals surface area contributed by atoms with Crippen molar-refractivity contribution in [3.8, 4) is 0 Å². The average Bonchev–Trinajstić information content (AvgIpc) is 2.40. The Kier molecular flexibility index (Phi) is 4.93. The van der Waals surface area contributed by atoms with Crippen molar-refractivity contribution in [2.24, 2.45) is 0 Å². The van der Waals surface area contributed by atoms with Crippen LogP contribution in [0.2, 0.25) is 0 Å². The fraction of sp³-hybridized carbons (Fsp3) is 0.692. The molecular formula is C13H24N6. The Morgan fingerprint density at radius 2 is 2.21 bits per heavy atom. The van der Waals surface area contributed by atoms with Crippen molar-refractivity contribution in [2.75, 3.05) is 50.9 Å². The zero-order chi connectivity index (χ0) is 13.7. The van der Waals surface area contributed by atoms with E-state index in [1.165, 1.54) is 0 Å². The summed E-state index contributed by atoms with van der Waals surface area (Å²) in [6, 6.07) is 2.54. The molecule has 1 unspecified atom stereocenters. The van der Waals surface area contributed by atoms with Crippen molar-refractivity contribution in [2.45, 2.75) is 19.4 Å². The molecule has 1 atom stereocenters. The molecule has 0 aromatic carbocycles.